The number of hydrogen-bond acceptors (Lipinski definition) is 3. The molecule has 0 radical (unpaired) electrons. The molecule has 0 aliphatic heterocycles. The summed E-state index contributed by atoms with van der Waals surface area (Å²) in [5.41, 5.74) is 0.00238. The van der Waals surface area contributed by atoms with Crippen LogP contribution in [-0.2, 0) is 4.79 Å². The molecule has 0 spiro atoms. The fraction of sp³-hybridized carbons (Fsp3) is 0.364. The van der Waals surface area contributed by atoms with Crippen LogP contribution in [0.2, 0.25) is 10.2 Å². The van der Waals surface area contributed by atoms with E-state index in [-0.39, 0.29) is 21.8 Å². The van der Waals surface area contributed by atoms with Crippen molar-refractivity contribution in [3.05, 3.63) is 28.0 Å². The largest absolute Gasteiger partial charge is 0.347 e. The predicted octanol–water partition coefficient (Wildman–Crippen LogP) is 1.59. The number of aromatic nitrogens is 1. The Morgan fingerprint density at radius 1 is 1.33 bits per heavy atom. The number of pyridine rings is 1. The molecule has 18 heavy (non-hydrogen) atoms. The van der Waals surface area contributed by atoms with Gasteiger partial charge in [-0.3, -0.25) is 9.59 Å². The van der Waals surface area contributed by atoms with Gasteiger partial charge < -0.3 is 10.2 Å². The Morgan fingerprint density at radius 2 is 1.94 bits per heavy atom. The van der Waals surface area contributed by atoms with Crippen LogP contribution < -0.4 is 5.32 Å². The number of carbonyl (C=O) groups is 2. The lowest BCUT2D eigenvalue weighted by molar-refractivity contribution is -0.130. The van der Waals surface area contributed by atoms with E-state index in [2.05, 4.69) is 10.3 Å². The second-order valence-corrected chi connectivity index (χ2v) is 4.69. The van der Waals surface area contributed by atoms with Gasteiger partial charge in [-0.25, -0.2) is 4.98 Å². The molecule has 1 heterocycles. The van der Waals surface area contributed by atoms with Crippen molar-refractivity contribution in [2.45, 2.75) is 13.0 Å². The summed E-state index contributed by atoms with van der Waals surface area (Å²) in [6.45, 7) is 1.58. The summed E-state index contributed by atoms with van der Waals surface area (Å²) in [4.78, 5) is 28.7. The summed E-state index contributed by atoms with van der Waals surface area (Å²) in [5.74, 6) is -0.758. The minimum atomic E-state index is -0.663. The van der Waals surface area contributed by atoms with E-state index in [0.717, 1.165) is 0 Å². The first-order valence-electron chi connectivity index (χ1n) is 5.17. The van der Waals surface area contributed by atoms with Crippen molar-refractivity contribution in [1.82, 2.24) is 15.2 Å². The predicted molar refractivity (Wildman–Crippen MR) is 69.9 cm³/mol. The van der Waals surface area contributed by atoms with Crippen LogP contribution in [0.1, 0.15) is 17.4 Å². The summed E-state index contributed by atoms with van der Waals surface area (Å²) < 4.78 is 0. The highest BCUT2D eigenvalue weighted by Gasteiger charge is 2.20. The van der Waals surface area contributed by atoms with E-state index in [4.69, 9.17) is 23.2 Å². The maximum Gasteiger partial charge on any atom is 0.272 e. The molecule has 0 saturated heterocycles. The molecule has 2 amide bonds. The zero-order chi connectivity index (χ0) is 13.9. The summed E-state index contributed by atoms with van der Waals surface area (Å²) in [7, 11) is 3.21. The zero-order valence-corrected chi connectivity index (χ0v) is 11.7. The molecule has 5 nitrogen and oxygen atoms in total. The van der Waals surface area contributed by atoms with E-state index < -0.39 is 11.9 Å². The van der Waals surface area contributed by atoms with Gasteiger partial charge in [-0.05, 0) is 19.1 Å². The van der Waals surface area contributed by atoms with Crippen molar-refractivity contribution in [1.29, 1.82) is 0 Å². The Balaban J connectivity index is 2.83. The molecule has 1 atom stereocenters. The summed E-state index contributed by atoms with van der Waals surface area (Å²) in [5, 5.41) is 2.85. The van der Waals surface area contributed by atoms with Gasteiger partial charge in [0, 0.05) is 14.1 Å². The van der Waals surface area contributed by atoms with Crippen LogP contribution in [0.15, 0.2) is 12.1 Å². The number of rotatable bonds is 3. The van der Waals surface area contributed by atoms with E-state index >= 15 is 0 Å². The van der Waals surface area contributed by atoms with Gasteiger partial charge in [-0.15, -0.1) is 0 Å². The molecule has 7 heteroatoms. The molecule has 1 N–H and O–H groups in total. The number of carbonyl (C=O) groups excluding carboxylic acids is 2. The summed E-state index contributed by atoms with van der Waals surface area (Å²) in [6.07, 6.45) is 0. The van der Waals surface area contributed by atoms with Crippen molar-refractivity contribution < 1.29 is 9.59 Å². The third-order valence-corrected chi connectivity index (χ3v) is 2.70. The van der Waals surface area contributed by atoms with Gasteiger partial charge in [-0.1, -0.05) is 23.2 Å². The van der Waals surface area contributed by atoms with Gasteiger partial charge in [0.25, 0.3) is 5.91 Å². The first kappa shape index (κ1) is 14.7. The molecule has 0 bridgehead atoms. The second kappa shape index (κ2) is 6.02. The van der Waals surface area contributed by atoms with E-state index in [1.165, 1.54) is 17.0 Å². The molecule has 0 aliphatic carbocycles. The second-order valence-electron chi connectivity index (χ2n) is 3.89. The number of likely N-dealkylation sites (N-methyl/N-ethyl adjacent to an activating group) is 1. The summed E-state index contributed by atoms with van der Waals surface area (Å²) >= 11 is 11.5. The third kappa shape index (κ3) is 3.58. The highest BCUT2D eigenvalue weighted by Crippen LogP contribution is 2.16. The molecule has 0 fully saturated rings. The number of hydrogen-bond donors (Lipinski definition) is 1. The number of nitrogens with zero attached hydrogens (tertiary/aromatic N) is 2. The number of halogens is 2. The SMILES string of the molecule is CC(NC(=O)c1nc(Cl)ccc1Cl)C(=O)N(C)C. The van der Waals surface area contributed by atoms with Gasteiger partial charge >= 0.3 is 0 Å². The molecular formula is C11H13Cl2N3O2. The monoisotopic (exact) mass is 289 g/mol. The summed E-state index contributed by atoms with van der Waals surface area (Å²) in [6, 6.07) is 2.30. The minimum Gasteiger partial charge on any atom is -0.347 e. The van der Waals surface area contributed by atoms with Crippen molar-refractivity contribution in [2.24, 2.45) is 0 Å². The van der Waals surface area contributed by atoms with Gasteiger partial charge in [0.2, 0.25) is 5.91 Å². The lowest BCUT2D eigenvalue weighted by Gasteiger charge is -2.17. The third-order valence-electron chi connectivity index (χ3n) is 2.19. The fourth-order valence-electron chi connectivity index (χ4n) is 1.29. The average Bonchev–Trinajstić information content (AvgIpc) is 2.30. The zero-order valence-electron chi connectivity index (χ0n) is 10.2. The van der Waals surface area contributed by atoms with Crippen molar-refractivity contribution in [3.8, 4) is 0 Å². The Bertz CT molecular complexity index is 477. The van der Waals surface area contributed by atoms with Crippen LogP contribution in [0.3, 0.4) is 0 Å². The van der Waals surface area contributed by atoms with E-state index in [9.17, 15) is 9.59 Å². The molecule has 0 aromatic carbocycles. The smallest absolute Gasteiger partial charge is 0.272 e. The van der Waals surface area contributed by atoms with Crippen LogP contribution in [0.5, 0.6) is 0 Å². The van der Waals surface area contributed by atoms with Crippen LogP contribution in [-0.4, -0.2) is 41.8 Å². The standard InChI is InChI=1S/C11H13Cl2N3O2/c1-6(11(18)16(2)3)14-10(17)9-7(12)4-5-8(13)15-9/h4-6H,1-3H3,(H,14,17). The maximum atomic E-state index is 11.9. The number of nitrogens with one attached hydrogen (secondary N) is 1. The van der Waals surface area contributed by atoms with E-state index in [1.54, 1.807) is 21.0 Å². The minimum absolute atomic E-state index is 0.00238. The highest BCUT2D eigenvalue weighted by molar-refractivity contribution is 6.34. The van der Waals surface area contributed by atoms with Gasteiger partial charge in [0.15, 0.2) is 0 Å². The van der Waals surface area contributed by atoms with Crippen molar-refractivity contribution in [2.75, 3.05) is 14.1 Å². The van der Waals surface area contributed by atoms with Crippen molar-refractivity contribution >= 4 is 35.0 Å². The molecule has 1 aromatic heterocycles. The van der Waals surface area contributed by atoms with Crippen LogP contribution in [0.4, 0.5) is 0 Å². The molecule has 0 saturated carbocycles. The first-order valence-corrected chi connectivity index (χ1v) is 5.92. The normalized spacial score (nSPS) is 11.8. The maximum absolute atomic E-state index is 11.9. The van der Waals surface area contributed by atoms with Crippen LogP contribution >= 0.6 is 23.2 Å². The fourth-order valence-corrected chi connectivity index (χ4v) is 1.63. The first-order chi connectivity index (χ1) is 8.32. The Morgan fingerprint density at radius 3 is 2.50 bits per heavy atom. The Hall–Kier alpha value is -1.33. The van der Waals surface area contributed by atoms with Crippen LogP contribution in [0.25, 0.3) is 0 Å². The van der Waals surface area contributed by atoms with Gasteiger partial charge in [-0.2, -0.15) is 0 Å². The number of amides is 2. The highest BCUT2D eigenvalue weighted by atomic mass is 35.5. The average molecular weight is 290 g/mol. The quantitative estimate of drug-likeness (QED) is 0.860. The van der Waals surface area contributed by atoms with Gasteiger partial charge in [0.1, 0.15) is 16.9 Å². The molecule has 0 aliphatic rings. The molecule has 1 aromatic rings. The van der Waals surface area contributed by atoms with Crippen LogP contribution in [0, 0.1) is 0 Å². The van der Waals surface area contributed by atoms with E-state index in [1.807, 2.05) is 0 Å². The lowest BCUT2D eigenvalue weighted by atomic mass is 10.2. The Labute approximate surface area is 115 Å². The van der Waals surface area contributed by atoms with Gasteiger partial charge in [0.05, 0.1) is 5.02 Å². The molecule has 1 unspecified atom stereocenters. The molecule has 1 rings (SSSR count). The molecule has 98 valence electrons. The lowest BCUT2D eigenvalue weighted by Crippen LogP contribution is -2.44. The molecular weight excluding hydrogens is 277 g/mol. The Kier molecular flexibility index (Phi) is 4.93. The van der Waals surface area contributed by atoms with Crippen molar-refractivity contribution in [3.63, 3.8) is 0 Å². The topological polar surface area (TPSA) is 62.3 Å². The van der Waals surface area contributed by atoms with E-state index in [0.29, 0.717) is 0 Å².